The molecule has 1 saturated carbocycles. The number of rotatable bonds is 4. The molecule has 2 aliphatic heterocycles. The van der Waals surface area contributed by atoms with E-state index in [9.17, 15) is 19.5 Å². The Hall–Kier alpha value is -2.39. The molecule has 3 rings (SSSR count). The molecule has 6 unspecified atom stereocenters. The molecule has 0 amide bonds. The lowest BCUT2D eigenvalue weighted by Gasteiger charge is -2.24. The first kappa shape index (κ1) is 18.4. The highest BCUT2D eigenvalue weighted by atomic mass is 16.7. The summed E-state index contributed by atoms with van der Waals surface area (Å²) in [5, 5.41) is 13.2. The van der Waals surface area contributed by atoms with Crippen LogP contribution in [-0.2, 0) is 33.3 Å². The van der Waals surface area contributed by atoms with Crippen LogP contribution in [-0.4, -0.2) is 53.8 Å². The molecule has 2 heterocycles. The van der Waals surface area contributed by atoms with Crippen LogP contribution in [0.5, 0.6) is 0 Å². The van der Waals surface area contributed by atoms with Gasteiger partial charge in [-0.1, -0.05) is 0 Å². The maximum atomic E-state index is 11.4. The van der Waals surface area contributed by atoms with Gasteiger partial charge in [0.2, 0.25) is 0 Å². The van der Waals surface area contributed by atoms with Crippen molar-refractivity contribution in [3.05, 3.63) is 23.5 Å². The molecule has 0 aromatic carbocycles. The van der Waals surface area contributed by atoms with Crippen LogP contribution in [0.15, 0.2) is 23.5 Å². The molecule has 1 aliphatic carbocycles. The van der Waals surface area contributed by atoms with Crippen molar-refractivity contribution in [3.8, 4) is 0 Å². The molecule has 2 fully saturated rings. The number of carbonyl (C=O) groups is 3. The van der Waals surface area contributed by atoms with Gasteiger partial charge in [0.1, 0.15) is 12.3 Å². The van der Waals surface area contributed by atoms with Gasteiger partial charge in [0.25, 0.3) is 6.29 Å². The Bertz CT molecular complexity index is 684. The highest BCUT2D eigenvalue weighted by molar-refractivity contribution is 5.89. The first-order valence-electron chi connectivity index (χ1n) is 8.29. The lowest BCUT2D eigenvalue weighted by Crippen LogP contribution is -2.44. The molecule has 0 aromatic rings. The molecule has 0 radical (unpaired) electrons. The van der Waals surface area contributed by atoms with E-state index in [4.69, 9.17) is 18.9 Å². The van der Waals surface area contributed by atoms with Crippen LogP contribution in [0.3, 0.4) is 0 Å². The smallest absolute Gasteiger partial charge is 0.336 e. The number of esters is 3. The summed E-state index contributed by atoms with van der Waals surface area (Å²) in [5.74, 6) is -1.70. The summed E-state index contributed by atoms with van der Waals surface area (Å²) < 4.78 is 21.0. The molecule has 9 heteroatoms. The van der Waals surface area contributed by atoms with Gasteiger partial charge in [0, 0.05) is 37.0 Å². The molecule has 3 aliphatic rings. The monoisotopic (exact) mass is 367 g/mol. The van der Waals surface area contributed by atoms with Crippen molar-refractivity contribution < 1.29 is 38.4 Å². The van der Waals surface area contributed by atoms with Crippen molar-refractivity contribution in [1.82, 2.24) is 5.32 Å². The number of aliphatic hydroxyl groups is 1. The minimum atomic E-state index is -1.01. The average molecular weight is 367 g/mol. The maximum absolute atomic E-state index is 11.4. The van der Waals surface area contributed by atoms with E-state index in [-0.39, 0.29) is 5.92 Å². The van der Waals surface area contributed by atoms with Gasteiger partial charge in [-0.25, -0.2) is 4.79 Å². The Morgan fingerprint density at radius 3 is 2.58 bits per heavy atom. The first-order valence-corrected chi connectivity index (χ1v) is 8.29. The minimum Gasteiger partial charge on any atom is -0.459 e. The quantitative estimate of drug-likeness (QED) is 0.398. The van der Waals surface area contributed by atoms with Gasteiger partial charge in [-0.2, -0.15) is 0 Å². The van der Waals surface area contributed by atoms with Gasteiger partial charge in [0.15, 0.2) is 6.10 Å². The fourth-order valence-electron chi connectivity index (χ4n) is 3.57. The minimum absolute atomic E-state index is 0.263. The summed E-state index contributed by atoms with van der Waals surface area (Å²) in [6.07, 6.45) is 0.0372. The van der Waals surface area contributed by atoms with Gasteiger partial charge in [0.05, 0.1) is 12.3 Å². The molecule has 26 heavy (non-hydrogen) atoms. The normalized spacial score (nSPS) is 37.2. The summed E-state index contributed by atoms with van der Waals surface area (Å²) in [6, 6.07) is -0.420. The Balaban J connectivity index is 1.75. The van der Waals surface area contributed by atoms with E-state index in [1.54, 1.807) is 6.92 Å². The molecular formula is C17H21NO8. The summed E-state index contributed by atoms with van der Waals surface area (Å²) in [5.41, 5.74) is 0.956. The van der Waals surface area contributed by atoms with Gasteiger partial charge < -0.3 is 24.1 Å². The van der Waals surface area contributed by atoms with Crippen molar-refractivity contribution in [2.24, 2.45) is 5.92 Å². The number of ether oxygens (including phenoxy) is 4. The number of hydrogen-bond acceptors (Lipinski definition) is 9. The third kappa shape index (κ3) is 3.58. The average Bonchev–Trinajstić information content (AvgIpc) is 3.11. The van der Waals surface area contributed by atoms with E-state index < -0.39 is 48.7 Å². The molecular weight excluding hydrogens is 346 g/mol. The standard InChI is InChI=1S/C17H21NO8/c1-7-4-13(26-17(7)22)23-6-11-10-5-12(24-8(2)19)15(25-9(3)20)14(10)18-16(11)21/h4,6,10,12-16,18,21H,5H2,1-3H3. The Kier molecular flexibility index (Phi) is 5.01. The number of cyclic esters (lactones) is 1. The zero-order chi connectivity index (χ0) is 19.0. The van der Waals surface area contributed by atoms with Crippen LogP contribution in [0.25, 0.3) is 0 Å². The molecule has 9 nitrogen and oxygen atoms in total. The van der Waals surface area contributed by atoms with Crippen LogP contribution in [0, 0.1) is 5.92 Å². The van der Waals surface area contributed by atoms with Crippen molar-refractivity contribution in [2.45, 2.75) is 58.0 Å². The van der Waals surface area contributed by atoms with Gasteiger partial charge >= 0.3 is 17.9 Å². The van der Waals surface area contributed by atoms with E-state index in [1.807, 2.05) is 0 Å². The highest BCUT2D eigenvalue weighted by Crippen LogP contribution is 2.41. The van der Waals surface area contributed by atoms with Crippen LogP contribution in [0.2, 0.25) is 0 Å². The number of hydrogen-bond donors (Lipinski definition) is 2. The Morgan fingerprint density at radius 2 is 2.00 bits per heavy atom. The van der Waals surface area contributed by atoms with E-state index in [0.717, 1.165) is 0 Å². The zero-order valence-corrected chi connectivity index (χ0v) is 14.6. The summed E-state index contributed by atoms with van der Waals surface area (Å²) in [4.78, 5) is 34.1. The third-order valence-corrected chi connectivity index (χ3v) is 4.62. The largest absolute Gasteiger partial charge is 0.459 e. The van der Waals surface area contributed by atoms with E-state index in [1.165, 1.54) is 26.2 Å². The summed E-state index contributed by atoms with van der Waals surface area (Å²) >= 11 is 0. The number of aliphatic hydroxyl groups excluding tert-OH is 1. The predicted molar refractivity (Wildman–Crippen MR) is 85.0 cm³/mol. The topological polar surface area (TPSA) is 120 Å². The van der Waals surface area contributed by atoms with Crippen molar-refractivity contribution >= 4 is 17.9 Å². The third-order valence-electron chi connectivity index (χ3n) is 4.62. The Morgan fingerprint density at radius 1 is 1.31 bits per heavy atom. The molecule has 142 valence electrons. The number of fused-ring (bicyclic) bond motifs is 1. The van der Waals surface area contributed by atoms with Gasteiger partial charge in [-0.05, 0) is 13.3 Å². The summed E-state index contributed by atoms with van der Waals surface area (Å²) in [7, 11) is 0. The fourth-order valence-corrected chi connectivity index (χ4v) is 3.57. The number of carbonyl (C=O) groups excluding carboxylic acids is 3. The predicted octanol–water partition coefficient (Wildman–Crippen LogP) is -0.110. The van der Waals surface area contributed by atoms with Gasteiger partial charge in [-0.15, -0.1) is 0 Å². The molecule has 1 saturated heterocycles. The van der Waals surface area contributed by atoms with Crippen LogP contribution < -0.4 is 5.32 Å². The van der Waals surface area contributed by atoms with Crippen LogP contribution in [0.1, 0.15) is 27.2 Å². The SMILES string of the molecule is CC(=O)OC1CC2C(=COC3C=C(C)C(=O)O3)C(O)NC2C1OC(C)=O. The Labute approximate surface area is 149 Å². The molecule has 0 bridgehead atoms. The lowest BCUT2D eigenvalue weighted by molar-refractivity contribution is -0.163. The first-order chi connectivity index (χ1) is 12.3. The van der Waals surface area contributed by atoms with E-state index in [2.05, 4.69) is 5.32 Å². The molecule has 0 aromatic heterocycles. The molecule has 2 N–H and O–H groups in total. The van der Waals surface area contributed by atoms with Gasteiger partial charge in [-0.3, -0.25) is 14.9 Å². The van der Waals surface area contributed by atoms with Crippen molar-refractivity contribution in [3.63, 3.8) is 0 Å². The maximum Gasteiger partial charge on any atom is 0.336 e. The fraction of sp³-hybridized carbons (Fsp3) is 0.588. The second-order valence-electron chi connectivity index (χ2n) is 6.54. The van der Waals surface area contributed by atoms with Crippen molar-refractivity contribution in [2.75, 3.05) is 0 Å². The molecule has 0 spiro atoms. The van der Waals surface area contributed by atoms with Crippen molar-refractivity contribution in [1.29, 1.82) is 0 Å². The second-order valence-corrected chi connectivity index (χ2v) is 6.54. The summed E-state index contributed by atoms with van der Waals surface area (Å²) in [6.45, 7) is 4.17. The second kappa shape index (κ2) is 7.08. The molecule has 6 atom stereocenters. The zero-order valence-electron chi connectivity index (χ0n) is 14.6. The van der Waals surface area contributed by atoms with Crippen LogP contribution >= 0.6 is 0 Å². The van der Waals surface area contributed by atoms with E-state index in [0.29, 0.717) is 17.6 Å². The van der Waals surface area contributed by atoms with E-state index >= 15 is 0 Å². The van der Waals surface area contributed by atoms with Crippen LogP contribution in [0.4, 0.5) is 0 Å². The number of nitrogens with one attached hydrogen (secondary N) is 1. The highest BCUT2D eigenvalue weighted by Gasteiger charge is 2.54. The lowest BCUT2D eigenvalue weighted by atomic mass is 9.99.